The molecule has 12 heteroatoms. The highest BCUT2D eigenvalue weighted by atomic mass is 32.1. The van der Waals surface area contributed by atoms with Crippen LogP contribution in [0.3, 0.4) is 0 Å². The number of piperazine rings is 1. The first-order valence-electron chi connectivity index (χ1n) is 13.5. The standard InChI is InChI=1S/C29H39N3O8S/c1-5-40-28(35)20-30(12-10-21-8-9-24(38-3)25(17-21)39-4)26(33)18-23-29(36)31(14-15-37-2)19-27(34)32(23)13-11-22-7-6-16-41-22/h6-9,16-17,23H,5,10-15,18-20H2,1-4H3. The summed E-state index contributed by atoms with van der Waals surface area (Å²) in [5.74, 6) is -0.363. The SMILES string of the molecule is CCOC(=O)CN(CCc1ccc(OC)c(OC)c1)C(=O)CC1C(=O)N(CCOC)CC(=O)N1CCc1cccs1. The predicted octanol–water partition coefficient (Wildman–Crippen LogP) is 2.02. The molecule has 1 saturated heterocycles. The Kier molecular flexibility index (Phi) is 12.4. The Labute approximate surface area is 244 Å². The van der Waals surface area contributed by atoms with Crippen molar-refractivity contribution in [3.05, 3.63) is 46.2 Å². The summed E-state index contributed by atoms with van der Waals surface area (Å²) in [5, 5.41) is 1.96. The molecule has 0 saturated carbocycles. The van der Waals surface area contributed by atoms with Crippen molar-refractivity contribution in [2.45, 2.75) is 32.2 Å². The number of hydrogen-bond acceptors (Lipinski definition) is 9. The smallest absolute Gasteiger partial charge is 0.325 e. The van der Waals surface area contributed by atoms with Gasteiger partial charge in [-0.25, -0.2) is 0 Å². The average molecular weight is 590 g/mol. The van der Waals surface area contributed by atoms with E-state index in [2.05, 4.69) is 0 Å². The molecule has 1 unspecified atom stereocenters. The van der Waals surface area contributed by atoms with E-state index in [9.17, 15) is 19.2 Å². The molecule has 0 bridgehead atoms. The fraction of sp³-hybridized carbons (Fsp3) is 0.517. The first-order chi connectivity index (χ1) is 19.8. The Morgan fingerprint density at radius 3 is 2.49 bits per heavy atom. The number of carbonyl (C=O) groups is 4. The average Bonchev–Trinajstić information content (AvgIpc) is 3.49. The molecule has 2 heterocycles. The number of esters is 1. The zero-order chi connectivity index (χ0) is 29.8. The van der Waals surface area contributed by atoms with Crippen LogP contribution in [0, 0.1) is 0 Å². The Hall–Kier alpha value is -3.64. The monoisotopic (exact) mass is 589 g/mol. The first-order valence-corrected chi connectivity index (χ1v) is 14.4. The number of thiophene rings is 1. The van der Waals surface area contributed by atoms with E-state index >= 15 is 0 Å². The molecule has 0 radical (unpaired) electrons. The number of rotatable bonds is 16. The van der Waals surface area contributed by atoms with Crippen molar-refractivity contribution >= 4 is 35.0 Å². The number of benzene rings is 1. The maximum atomic E-state index is 13.7. The van der Waals surface area contributed by atoms with Crippen molar-refractivity contribution in [1.82, 2.24) is 14.7 Å². The van der Waals surface area contributed by atoms with E-state index < -0.39 is 17.9 Å². The molecule has 2 aromatic rings. The number of nitrogens with zero attached hydrogens (tertiary/aromatic N) is 3. The molecular weight excluding hydrogens is 550 g/mol. The van der Waals surface area contributed by atoms with Crippen molar-refractivity contribution in [3.63, 3.8) is 0 Å². The van der Waals surface area contributed by atoms with Crippen LogP contribution in [0.4, 0.5) is 0 Å². The lowest BCUT2D eigenvalue weighted by molar-refractivity contribution is -0.159. The summed E-state index contributed by atoms with van der Waals surface area (Å²) < 4.78 is 20.9. The van der Waals surface area contributed by atoms with Gasteiger partial charge in [0.15, 0.2) is 11.5 Å². The number of amides is 3. The van der Waals surface area contributed by atoms with E-state index in [0.717, 1.165) is 10.4 Å². The number of hydrogen-bond donors (Lipinski definition) is 0. The molecule has 0 N–H and O–H groups in total. The van der Waals surface area contributed by atoms with Gasteiger partial charge < -0.3 is 33.6 Å². The second-order valence-corrected chi connectivity index (χ2v) is 10.5. The van der Waals surface area contributed by atoms with Gasteiger partial charge in [-0.2, -0.15) is 0 Å². The minimum absolute atomic E-state index is 0.0663. The molecule has 3 amide bonds. The van der Waals surface area contributed by atoms with Crippen LogP contribution in [0.25, 0.3) is 0 Å². The third-order valence-corrected chi connectivity index (χ3v) is 7.76. The van der Waals surface area contributed by atoms with Crippen molar-refractivity contribution < 1.29 is 38.1 Å². The molecular formula is C29H39N3O8S. The van der Waals surface area contributed by atoms with Crippen LogP contribution in [0.15, 0.2) is 35.7 Å². The van der Waals surface area contributed by atoms with Crippen LogP contribution in [0.2, 0.25) is 0 Å². The lowest BCUT2D eigenvalue weighted by Gasteiger charge is -2.40. The van der Waals surface area contributed by atoms with Crippen LogP contribution in [-0.4, -0.2) is 112 Å². The second-order valence-electron chi connectivity index (χ2n) is 9.45. The van der Waals surface area contributed by atoms with Crippen LogP contribution < -0.4 is 9.47 Å². The molecule has 3 rings (SSSR count). The van der Waals surface area contributed by atoms with Crippen molar-refractivity contribution in [3.8, 4) is 11.5 Å². The summed E-state index contributed by atoms with van der Waals surface area (Å²) in [6.07, 6.45) is 0.750. The van der Waals surface area contributed by atoms with Gasteiger partial charge in [0.25, 0.3) is 0 Å². The van der Waals surface area contributed by atoms with Crippen molar-refractivity contribution in [2.24, 2.45) is 0 Å². The Morgan fingerprint density at radius 1 is 1.05 bits per heavy atom. The molecule has 1 atom stereocenters. The molecule has 0 aliphatic carbocycles. The van der Waals surface area contributed by atoms with E-state index in [4.69, 9.17) is 18.9 Å². The van der Waals surface area contributed by atoms with Crippen LogP contribution in [0.5, 0.6) is 11.5 Å². The zero-order valence-corrected chi connectivity index (χ0v) is 24.9. The molecule has 1 aromatic carbocycles. The molecule has 224 valence electrons. The normalized spacial score (nSPS) is 15.2. The minimum Gasteiger partial charge on any atom is -0.493 e. The minimum atomic E-state index is -0.980. The summed E-state index contributed by atoms with van der Waals surface area (Å²) in [7, 11) is 4.62. The lowest BCUT2D eigenvalue weighted by atomic mass is 10.0. The highest BCUT2D eigenvalue weighted by Gasteiger charge is 2.41. The zero-order valence-electron chi connectivity index (χ0n) is 24.1. The highest BCUT2D eigenvalue weighted by Crippen LogP contribution is 2.28. The number of carbonyl (C=O) groups excluding carboxylic acids is 4. The fourth-order valence-corrected chi connectivity index (χ4v) is 5.35. The fourth-order valence-electron chi connectivity index (χ4n) is 4.65. The van der Waals surface area contributed by atoms with Gasteiger partial charge in [0.05, 0.1) is 40.4 Å². The molecule has 1 aromatic heterocycles. The summed E-state index contributed by atoms with van der Waals surface area (Å²) >= 11 is 1.57. The summed E-state index contributed by atoms with van der Waals surface area (Å²) in [6.45, 7) is 2.57. The third kappa shape index (κ3) is 8.92. The maximum Gasteiger partial charge on any atom is 0.325 e. The van der Waals surface area contributed by atoms with Gasteiger partial charge >= 0.3 is 5.97 Å². The van der Waals surface area contributed by atoms with E-state index in [0.29, 0.717) is 30.9 Å². The third-order valence-electron chi connectivity index (χ3n) is 6.83. The Balaban J connectivity index is 1.80. The van der Waals surface area contributed by atoms with Gasteiger partial charge in [-0.1, -0.05) is 12.1 Å². The molecule has 41 heavy (non-hydrogen) atoms. The molecule has 1 fully saturated rings. The summed E-state index contributed by atoms with van der Waals surface area (Å²) in [4.78, 5) is 58.2. The van der Waals surface area contributed by atoms with Crippen molar-refractivity contribution in [2.75, 3.05) is 67.3 Å². The second kappa shape index (κ2) is 16.0. The van der Waals surface area contributed by atoms with Crippen LogP contribution >= 0.6 is 11.3 Å². The largest absolute Gasteiger partial charge is 0.493 e. The van der Waals surface area contributed by atoms with Gasteiger partial charge in [0, 0.05) is 31.6 Å². The summed E-state index contributed by atoms with van der Waals surface area (Å²) in [5.41, 5.74) is 0.872. The van der Waals surface area contributed by atoms with Gasteiger partial charge in [0.2, 0.25) is 17.7 Å². The Bertz CT molecular complexity index is 1170. The Morgan fingerprint density at radius 2 is 1.83 bits per heavy atom. The number of methoxy groups -OCH3 is 3. The predicted molar refractivity (Wildman–Crippen MR) is 153 cm³/mol. The molecule has 1 aliphatic rings. The molecule has 11 nitrogen and oxygen atoms in total. The van der Waals surface area contributed by atoms with Gasteiger partial charge in [-0.15, -0.1) is 11.3 Å². The first kappa shape index (κ1) is 31.9. The van der Waals surface area contributed by atoms with E-state index in [1.807, 2.05) is 29.6 Å². The van der Waals surface area contributed by atoms with E-state index in [-0.39, 0.29) is 57.6 Å². The topological polar surface area (TPSA) is 115 Å². The van der Waals surface area contributed by atoms with Crippen LogP contribution in [-0.2, 0) is 41.5 Å². The van der Waals surface area contributed by atoms with Gasteiger partial charge in [-0.3, -0.25) is 19.2 Å². The maximum absolute atomic E-state index is 13.7. The quantitative estimate of drug-likeness (QED) is 0.273. The van der Waals surface area contributed by atoms with E-state index in [1.54, 1.807) is 38.5 Å². The van der Waals surface area contributed by atoms with Crippen LogP contribution in [0.1, 0.15) is 23.8 Å². The van der Waals surface area contributed by atoms with E-state index in [1.165, 1.54) is 21.8 Å². The van der Waals surface area contributed by atoms with Gasteiger partial charge in [-0.05, 0) is 48.9 Å². The summed E-state index contributed by atoms with van der Waals surface area (Å²) in [6, 6.07) is 8.38. The molecule has 1 aliphatic heterocycles. The van der Waals surface area contributed by atoms with Gasteiger partial charge in [0.1, 0.15) is 12.6 Å². The number of ether oxygens (including phenoxy) is 4. The van der Waals surface area contributed by atoms with Crippen molar-refractivity contribution in [1.29, 1.82) is 0 Å². The molecule has 0 spiro atoms. The lowest BCUT2D eigenvalue weighted by Crippen LogP contribution is -2.61. The highest BCUT2D eigenvalue weighted by molar-refractivity contribution is 7.09.